The molecule has 0 N–H and O–H groups in total. The second kappa shape index (κ2) is 6.85. The summed E-state index contributed by atoms with van der Waals surface area (Å²) in [5.41, 5.74) is 1.45. The SMILES string of the molecule is CCCOc1cccc(C(=O)C(C)c2ccccn2)c1. The molecule has 0 fully saturated rings. The number of carbonyl (C=O) groups excluding carboxylic acids is 1. The number of ketones is 1. The predicted molar refractivity (Wildman–Crippen MR) is 79.2 cm³/mol. The van der Waals surface area contributed by atoms with E-state index >= 15 is 0 Å². The first-order chi connectivity index (χ1) is 9.72. The summed E-state index contributed by atoms with van der Waals surface area (Å²) in [5, 5.41) is 0. The molecule has 104 valence electrons. The van der Waals surface area contributed by atoms with Crippen molar-refractivity contribution in [2.75, 3.05) is 6.61 Å². The first kappa shape index (κ1) is 14.3. The van der Waals surface area contributed by atoms with Crippen LogP contribution in [0.3, 0.4) is 0 Å². The van der Waals surface area contributed by atoms with Crippen LogP contribution < -0.4 is 4.74 Å². The van der Waals surface area contributed by atoms with Crippen molar-refractivity contribution >= 4 is 5.78 Å². The molecule has 0 amide bonds. The van der Waals surface area contributed by atoms with Crippen LogP contribution in [0.25, 0.3) is 0 Å². The van der Waals surface area contributed by atoms with Gasteiger partial charge in [0.1, 0.15) is 5.75 Å². The van der Waals surface area contributed by atoms with E-state index in [0.29, 0.717) is 12.2 Å². The zero-order valence-electron chi connectivity index (χ0n) is 11.9. The Balaban J connectivity index is 2.16. The third-order valence-corrected chi connectivity index (χ3v) is 3.12. The average Bonchev–Trinajstić information content (AvgIpc) is 2.52. The number of aromatic nitrogens is 1. The van der Waals surface area contributed by atoms with Gasteiger partial charge in [0.15, 0.2) is 5.78 Å². The summed E-state index contributed by atoms with van der Waals surface area (Å²) in [5.74, 6) is 0.550. The highest BCUT2D eigenvalue weighted by Crippen LogP contribution is 2.21. The Hall–Kier alpha value is -2.16. The van der Waals surface area contributed by atoms with Crippen LogP contribution in [0.4, 0.5) is 0 Å². The van der Waals surface area contributed by atoms with Crippen LogP contribution in [0.5, 0.6) is 5.75 Å². The number of ether oxygens (including phenoxy) is 1. The topological polar surface area (TPSA) is 39.2 Å². The van der Waals surface area contributed by atoms with Crippen molar-refractivity contribution in [3.8, 4) is 5.75 Å². The van der Waals surface area contributed by atoms with Gasteiger partial charge in [-0.15, -0.1) is 0 Å². The van der Waals surface area contributed by atoms with E-state index < -0.39 is 0 Å². The van der Waals surface area contributed by atoms with E-state index in [1.807, 2.05) is 43.3 Å². The lowest BCUT2D eigenvalue weighted by Crippen LogP contribution is -2.11. The summed E-state index contributed by atoms with van der Waals surface area (Å²) in [6.45, 7) is 4.59. The largest absolute Gasteiger partial charge is 0.494 e. The van der Waals surface area contributed by atoms with E-state index in [1.54, 1.807) is 12.3 Å². The third kappa shape index (κ3) is 3.44. The summed E-state index contributed by atoms with van der Waals surface area (Å²) in [7, 11) is 0. The molecular formula is C17H19NO2. The van der Waals surface area contributed by atoms with Crippen LogP contribution in [0, 0.1) is 0 Å². The zero-order valence-corrected chi connectivity index (χ0v) is 11.9. The van der Waals surface area contributed by atoms with E-state index in [-0.39, 0.29) is 11.7 Å². The van der Waals surface area contributed by atoms with Gasteiger partial charge in [-0.1, -0.05) is 25.1 Å². The molecule has 0 aliphatic rings. The van der Waals surface area contributed by atoms with Crippen molar-refractivity contribution < 1.29 is 9.53 Å². The van der Waals surface area contributed by atoms with Crippen LogP contribution in [0.15, 0.2) is 48.7 Å². The number of nitrogens with zero attached hydrogens (tertiary/aromatic N) is 1. The molecule has 2 rings (SSSR count). The van der Waals surface area contributed by atoms with Gasteiger partial charge in [-0.2, -0.15) is 0 Å². The lowest BCUT2D eigenvalue weighted by molar-refractivity contribution is 0.0964. The second-order valence-electron chi connectivity index (χ2n) is 4.72. The molecule has 1 unspecified atom stereocenters. The zero-order chi connectivity index (χ0) is 14.4. The van der Waals surface area contributed by atoms with Gasteiger partial charge < -0.3 is 4.74 Å². The molecule has 0 bridgehead atoms. The molecule has 0 radical (unpaired) electrons. The lowest BCUT2D eigenvalue weighted by Gasteiger charge is -2.11. The number of hydrogen-bond acceptors (Lipinski definition) is 3. The Labute approximate surface area is 119 Å². The number of Topliss-reactive ketones (excluding diaryl/α,β-unsaturated/α-hetero) is 1. The maximum absolute atomic E-state index is 12.5. The molecule has 3 heteroatoms. The quantitative estimate of drug-likeness (QED) is 0.747. The Morgan fingerprint density at radius 1 is 1.25 bits per heavy atom. The van der Waals surface area contributed by atoms with Gasteiger partial charge in [0.05, 0.1) is 18.2 Å². The van der Waals surface area contributed by atoms with Gasteiger partial charge in [-0.25, -0.2) is 0 Å². The molecule has 0 aliphatic heterocycles. The molecule has 3 nitrogen and oxygen atoms in total. The van der Waals surface area contributed by atoms with E-state index in [4.69, 9.17) is 4.74 Å². The van der Waals surface area contributed by atoms with Gasteiger partial charge in [-0.05, 0) is 37.6 Å². The van der Waals surface area contributed by atoms with Crippen molar-refractivity contribution in [2.45, 2.75) is 26.2 Å². The van der Waals surface area contributed by atoms with E-state index in [9.17, 15) is 4.79 Å². The van der Waals surface area contributed by atoms with Crippen LogP contribution in [-0.2, 0) is 0 Å². The Morgan fingerprint density at radius 3 is 2.80 bits per heavy atom. The maximum Gasteiger partial charge on any atom is 0.171 e. The van der Waals surface area contributed by atoms with Gasteiger partial charge in [0, 0.05) is 11.8 Å². The van der Waals surface area contributed by atoms with E-state index in [0.717, 1.165) is 17.9 Å². The molecule has 0 aliphatic carbocycles. The van der Waals surface area contributed by atoms with Crippen molar-refractivity contribution in [1.29, 1.82) is 0 Å². The summed E-state index contributed by atoms with van der Waals surface area (Å²) in [6, 6.07) is 13.0. The Kier molecular flexibility index (Phi) is 4.88. The maximum atomic E-state index is 12.5. The summed E-state index contributed by atoms with van der Waals surface area (Å²) < 4.78 is 5.56. The van der Waals surface area contributed by atoms with Crippen molar-refractivity contribution in [2.24, 2.45) is 0 Å². The minimum absolute atomic E-state index is 0.0608. The minimum Gasteiger partial charge on any atom is -0.494 e. The van der Waals surface area contributed by atoms with E-state index in [1.165, 1.54) is 0 Å². The van der Waals surface area contributed by atoms with Gasteiger partial charge in [-0.3, -0.25) is 9.78 Å². The summed E-state index contributed by atoms with van der Waals surface area (Å²) in [4.78, 5) is 16.7. The number of pyridine rings is 1. The standard InChI is InChI=1S/C17H19NO2/c1-3-11-20-15-8-6-7-14(12-15)17(19)13(2)16-9-4-5-10-18-16/h4-10,12-13H,3,11H2,1-2H3. The number of hydrogen-bond donors (Lipinski definition) is 0. The fraction of sp³-hybridized carbons (Fsp3) is 0.294. The highest BCUT2D eigenvalue weighted by Gasteiger charge is 2.18. The minimum atomic E-state index is -0.252. The summed E-state index contributed by atoms with van der Waals surface area (Å²) in [6.07, 6.45) is 2.66. The van der Waals surface area contributed by atoms with Crippen molar-refractivity contribution in [1.82, 2.24) is 4.98 Å². The molecular weight excluding hydrogens is 250 g/mol. The van der Waals surface area contributed by atoms with Gasteiger partial charge >= 0.3 is 0 Å². The molecule has 1 aromatic heterocycles. The molecule has 20 heavy (non-hydrogen) atoms. The fourth-order valence-electron chi connectivity index (χ4n) is 1.98. The number of rotatable bonds is 6. The first-order valence-corrected chi connectivity index (χ1v) is 6.90. The van der Waals surface area contributed by atoms with Gasteiger partial charge in [0.2, 0.25) is 0 Å². The third-order valence-electron chi connectivity index (χ3n) is 3.12. The van der Waals surface area contributed by atoms with Crippen LogP contribution in [-0.4, -0.2) is 17.4 Å². The molecule has 2 aromatic rings. The highest BCUT2D eigenvalue weighted by molar-refractivity contribution is 6.00. The monoisotopic (exact) mass is 269 g/mol. The molecule has 1 atom stereocenters. The first-order valence-electron chi connectivity index (χ1n) is 6.90. The molecule has 1 heterocycles. The van der Waals surface area contributed by atoms with Crippen LogP contribution in [0.1, 0.15) is 42.2 Å². The second-order valence-corrected chi connectivity index (χ2v) is 4.72. The van der Waals surface area contributed by atoms with Gasteiger partial charge in [0.25, 0.3) is 0 Å². The fourth-order valence-corrected chi connectivity index (χ4v) is 1.98. The molecule has 0 spiro atoms. The Bertz CT molecular complexity index is 566. The number of carbonyl (C=O) groups is 1. The molecule has 1 aromatic carbocycles. The summed E-state index contributed by atoms with van der Waals surface area (Å²) >= 11 is 0. The smallest absolute Gasteiger partial charge is 0.171 e. The van der Waals surface area contributed by atoms with Crippen LogP contribution >= 0.6 is 0 Å². The number of benzene rings is 1. The van der Waals surface area contributed by atoms with E-state index in [2.05, 4.69) is 11.9 Å². The highest BCUT2D eigenvalue weighted by atomic mass is 16.5. The predicted octanol–water partition coefficient (Wildman–Crippen LogP) is 3.86. The van der Waals surface area contributed by atoms with Crippen molar-refractivity contribution in [3.63, 3.8) is 0 Å². The normalized spacial score (nSPS) is 11.9. The molecule has 0 saturated carbocycles. The lowest BCUT2D eigenvalue weighted by atomic mass is 9.96. The van der Waals surface area contributed by atoms with Crippen LogP contribution in [0.2, 0.25) is 0 Å². The average molecular weight is 269 g/mol. The molecule has 0 saturated heterocycles. The van der Waals surface area contributed by atoms with Crippen molar-refractivity contribution in [3.05, 3.63) is 59.9 Å². The Morgan fingerprint density at radius 2 is 2.10 bits per heavy atom.